The van der Waals surface area contributed by atoms with Crippen LogP contribution in [0.4, 0.5) is 0 Å². The summed E-state index contributed by atoms with van der Waals surface area (Å²) in [6, 6.07) is 7.92. The van der Waals surface area contributed by atoms with Crippen LogP contribution in [0.15, 0.2) is 28.6 Å². The van der Waals surface area contributed by atoms with E-state index in [2.05, 4.69) is 30.9 Å². The van der Waals surface area contributed by atoms with Gasteiger partial charge in [0, 0.05) is 0 Å². The molecule has 0 fully saturated rings. The van der Waals surface area contributed by atoms with Crippen molar-refractivity contribution in [1.82, 2.24) is 30.9 Å². The van der Waals surface area contributed by atoms with Crippen LogP contribution < -0.4 is 5.32 Å². The molecule has 0 saturated heterocycles. The Balaban J connectivity index is 1.52. The Hall–Kier alpha value is -2.00. The monoisotopic (exact) mass is 306 g/mol. The molecule has 102 valence electrons. The minimum atomic E-state index is -0.0842. The molecule has 7 nitrogen and oxygen atoms in total. The number of carbonyl (C=O) groups is 1. The van der Waals surface area contributed by atoms with Crippen molar-refractivity contribution in [2.45, 2.75) is 10.9 Å². The van der Waals surface area contributed by atoms with E-state index in [0.717, 1.165) is 14.6 Å². The number of benzene rings is 1. The number of carbonyl (C=O) groups excluding carboxylic acids is 1. The van der Waals surface area contributed by atoms with Crippen LogP contribution in [-0.2, 0) is 11.3 Å². The molecule has 0 unspecified atom stereocenters. The number of para-hydroxylation sites is 1. The molecule has 0 saturated carbocycles. The van der Waals surface area contributed by atoms with Gasteiger partial charge in [-0.25, -0.2) is 4.98 Å². The number of aromatic amines is 1. The maximum atomic E-state index is 11.7. The van der Waals surface area contributed by atoms with E-state index >= 15 is 0 Å². The first kappa shape index (κ1) is 13.0. The van der Waals surface area contributed by atoms with Crippen molar-refractivity contribution in [2.24, 2.45) is 0 Å². The normalized spacial score (nSPS) is 10.8. The van der Waals surface area contributed by atoms with E-state index in [-0.39, 0.29) is 12.5 Å². The Bertz CT molecular complexity index is 678. The Morgan fingerprint density at radius 1 is 1.40 bits per heavy atom. The van der Waals surface area contributed by atoms with Gasteiger partial charge < -0.3 is 5.32 Å². The second-order valence-corrected chi connectivity index (χ2v) is 6.09. The summed E-state index contributed by atoms with van der Waals surface area (Å²) in [5.41, 5.74) is 0.965. The van der Waals surface area contributed by atoms with E-state index < -0.39 is 0 Å². The van der Waals surface area contributed by atoms with Crippen LogP contribution >= 0.6 is 23.1 Å². The van der Waals surface area contributed by atoms with Gasteiger partial charge in [0.1, 0.15) is 0 Å². The van der Waals surface area contributed by atoms with Crippen molar-refractivity contribution in [3.8, 4) is 0 Å². The van der Waals surface area contributed by atoms with Gasteiger partial charge in [-0.2, -0.15) is 5.21 Å². The fraction of sp³-hybridized carbons (Fsp3) is 0.182. The van der Waals surface area contributed by atoms with Crippen molar-refractivity contribution in [3.05, 3.63) is 30.1 Å². The van der Waals surface area contributed by atoms with Gasteiger partial charge in [-0.1, -0.05) is 29.1 Å². The number of hydrogen-bond donors (Lipinski definition) is 2. The third kappa shape index (κ3) is 3.11. The van der Waals surface area contributed by atoms with Crippen molar-refractivity contribution in [1.29, 1.82) is 0 Å². The zero-order chi connectivity index (χ0) is 13.8. The summed E-state index contributed by atoms with van der Waals surface area (Å²) in [6.45, 7) is 0.274. The number of rotatable bonds is 5. The number of nitrogens with zero attached hydrogens (tertiary/aromatic N) is 4. The fourth-order valence-corrected chi connectivity index (χ4v) is 3.42. The number of aromatic nitrogens is 5. The number of amides is 1. The van der Waals surface area contributed by atoms with E-state index in [1.807, 2.05) is 24.3 Å². The minimum absolute atomic E-state index is 0.0842. The van der Waals surface area contributed by atoms with Crippen molar-refractivity contribution >= 4 is 39.2 Å². The average molecular weight is 306 g/mol. The predicted molar refractivity (Wildman–Crippen MR) is 76.4 cm³/mol. The lowest BCUT2D eigenvalue weighted by Gasteiger charge is -2.00. The van der Waals surface area contributed by atoms with Crippen LogP contribution in [0.5, 0.6) is 0 Å². The first-order valence-electron chi connectivity index (χ1n) is 5.78. The molecule has 0 aliphatic heterocycles. The molecule has 2 N–H and O–H groups in total. The highest BCUT2D eigenvalue weighted by Gasteiger charge is 2.08. The number of hydrogen-bond acceptors (Lipinski definition) is 7. The average Bonchev–Trinajstić information content (AvgIpc) is 3.11. The zero-order valence-electron chi connectivity index (χ0n) is 10.2. The Morgan fingerprint density at radius 3 is 3.10 bits per heavy atom. The quantitative estimate of drug-likeness (QED) is 0.688. The number of fused-ring (bicyclic) bond motifs is 1. The molecule has 2 heterocycles. The molecule has 0 aliphatic rings. The summed E-state index contributed by atoms with van der Waals surface area (Å²) in [6.07, 6.45) is 0. The van der Waals surface area contributed by atoms with Gasteiger partial charge in [-0.3, -0.25) is 4.79 Å². The first-order chi connectivity index (χ1) is 9.81. The van der Waals surface area contributed by atoms with Gasteiger partial charge in [0.15, 0.2) is 10.2 Å². The highest BCUT2D eigenvalue weighted by Crippen LogP contribution is 2.28. The van der Waals surface area contributed by atoms with Crippen LogP contribution in [0, 0.1) is 0 Å². The SMILES string of the molecule is O=C(CSc1nc2ccccc2s1)NCc1nn[nH]n1. The van der Waals surface area contributed by atoms with E-state index in [0.29, 0.717) is 11.6 Å². The Kier molecular flexibility index (Phi) is 3.88. The van der Waals surface area contributed by atoms with Crippen LogP contribution in [0.3, 0.4) is 0 Å². The van der Waals surface area contributed by atoms with Gasteiger partial charge >= 0.3 is 0 Å². The molecule has 20 heavy (non-hydrogen) atoms. The zero-order valence-corrected chi connectivity index (χ0v) is 11.9. The lowest BCUT2D eigenvalue weighted by Crippen LogP contribution is -2.25. The fourth-order valence-electron chi connectivity index (χ4n) is 1.53. The highest BCUT2D eigenvalue weighted by atomic mass is 32.2. The van der Waals surface area contributed by atoms with Gasteiger partial charge in [0.2, 0.25) is 5.91 Å². The van der Waals surface area contributed by atoms with Crippen LogP contribution in [0.25, 0.3) is 10.2 Å². The minimum Gasteiger partial charge on any atom is -0.348 e. The van der Waals surface area contributed by atoms with Gasteiger partial charge in [0.25, 0.3) is 0 Å². The van der Waals surface area contributed by atoms with Crippen LogP contribution in [0.1, 0.15) is 5.82 Å². The van der Waals surface area contributed by atoms with Crippen molar-refractivity contribution in [3.63, 3.8) is 0 Å². The third-order valence-electron chi connectivity index (χ3n) is 2.43. The number of tetrazole rings is 1. The summed E-state index contributed by atoms with van der Waals surface area (Å²) >= 11 is 3.01. The molecule has 0 atom stereocenters. The second kappa shape index (κ2) is 5.97. The standard InChI is InChI=1S/C11H10N6OS2/c18-10(12-5-9-14-16-17-15-9)6-19-11-13-7-3-1-2-4-8(7)20-11/h1-4H,5-6H2,(H,12,18)(H,14,15,16,17). The third-order valence-corrected chi connectivity index (χ3v) is 4.61. The summed E-state index contributed by atoms with van der Waals surface area (Å²) in [4.78, 5) is 16.1. The van der Waals surface area contributed by atoms with E-state index in [4.69, 9.17) is 0 Å². The molecule has 9 heteroatoms. The summed E-state index contributed by atoms with van der Waals surface area (Å²) in [5.74, 6) is 0.694. The smallest absolute Gasteiger partial charge is 0.230 e. The topological polar surface area (TPSA) is 96.5 Å². The maximum absolute atomic E-state index is 11.7. The molecule has 0 bridgehead atoms. The van der Waals surface area contributed by atoms with Crippen molar-refractivity contribution < 1.29 is 4.79 Å². The molecular formula is C11H10N6OS2. The van der Waals surface area contributed by atoms with Crippen LogP contribution in [0.2, 0.25) is 0 Å². The summed E-state index contributed by atoms with van der Waals surface area (Å²) in [5, 5.41) is 16.0. The molecule has 0 aliphatic carbocycles. The molecule has 0 radical (unpaired) electrons. The molecule has 1 amide bonds. The molecule has 3 aromatic rings. The van der Waals surface area contributed by atoms with E-state index in [1.54, 1.807) is 11.3 Å². The molecule has 2 aromatic heterocycles. The van der Waals surface area contributed by atoms with Gasteiger partial charge in [-0.15, -0.1) is 21.5 Å². The number of thioether (sulfide) groups is 1. The second-order valence-electron chi connectivity index (χ2n) is 3.84. The molecule has 3 rings (SSSR count). The largest absolute Gasteiger partial charge is 0.348 e. The first-order valence-corrected chi connectivity index (χ1v) is 7.59. The molecular weight excluding hydrogens is 296 g/mol. The predicted octanol–water partition coefficient (Wildman–Crippen LogP) is 1.22. The summed E-state index contributed by atoms with van der Waals surface area (Å²) in [7, 11) is 0. The number of thiazole rings is 1. The lowest BCUT2D eigenvalue weighted by molar-refractivity contribution is -0.118. The summed E-state index contributed by atoms with van der Waals surface area (Å²) < 4.78 is 2.02. The number of H-pyrrole nitrogens is 1. The lowest BCUT2D eigenvalue weighted by atomic mass is 10.3. The van der Waals surface area contributed by atoms with E-state index in [1.165, 1.54) is 11.8 Å². The van der Waals surface area contributed by atoms with E-state index in [9.17, 15) is 4.79 Å². The maximum Gasteiger partial charge on any atom is 0.230 e. The molecule has 0 spiro atoms. The Morgan fingerprint density at radius 2 is 2.30 bits per heavy atom. The van der Waals surface area contributed by atoms with Crippen LogP contribution in [-0.4, -0.2) is 37.3 Å². The molecule has 1 aromatic carbocycles. The van der Waals surface area contributed by atoms with Gasteiger partial charge in [-0.05, 0) is 12.1 Å². The van der Waals surface area contributed by atoms with Crippen molar-refractivity contribution in [2.75, 3.05) is 5.75 Å². The number of nitrogens with one attached hydrogen (secondary N) is 2. The van der Waals surface area contributed by atoms with Gasteiger partial charge in [0.05, 0.1) is 22.5 Å². The Labute approximate surface area is 122 Å². The highest BCUT2D eigenvalue weighted by molar-refractivity contribution is 8.01.